The van der Waals surface area contributed by atoms with Gasteiger partial charge in [-0.2, -0.15) is 18.3 Å². The van der Waals surface area contributed by atoms with Crippen LogP contribution in [0, 0.1) is 0 Å². The molecule has 3 rings (SSSR count). The molecule has 1 aromatic heterocycles. The molecule has 27 heavy (non-hydrogen) atoms. The van der Waals surface area contributed by atoms with Gasteiger partial charge in [-0.15, -0.1) is 0 Å². The molecular formula is C17H13ClF3N5O. The summed E-state index contributed by atoms with van der Waals surface area (Å²) in [6.45, 7) is -0.159. The Morgan fingerprint density at radius 2 is 2.00 bits per heavy atom. The average Bonchev–Trinajstić information content (AvgIpc) is 3.13. The number of nitrogens with zero attached hydrogens (tertiary/aromatic N) is 3. The molecular weight excluding hydrogens is 383 g/mol. The Bertz CT molecular complexity index is 944. The first-order valence-electron chi connectivity index (χ1n) is 7.68. The molecule has 0 saturated carbocycles. The fraction of sp³-hybridized carbons (Fsp3) is 0.118. The van der Waals surface area contributed by atoms with E-state index in [1.165, 1.54) is 23.4 Å². The minimum atomic E-state index is -4.54. The molecule has 1 amide bonds. The third kappa shape index (κ3) is 4.76. The molecule has 0 saturated heterocycles. The van der Waals surface area contributed by atoms with Crippen molar-refractivity contribution < 1.29 is 18.0 Å². The molecule has 3 aromatic rings. The normalized spacial score (nSPS) is 11.3. The predicted octanol–water partition coefficient (Wildman–Crippen LogP) is 3.99. The van der Waals surface area contributed by atoms with Gasteiger partial charge in [-0.05, 0) is 36.4 Å². The van der Waals surface area contributed by atoms with Crippen LogP contribution in [0.2, 0.25) is 5.02 Å². The summed E-state index contributed by atoms with van der Waals surface area (Å²) >= 11 is 5.87. The van der Waals surface area contributed by atoms with Gasteiger partial charge in [-0.25, -0.2) is 9.67 Å². The molecule has 10 heteroatoms. The third-order valence-electron chi connectivity index (χ3n) is 3.54. The number of hydrogen-bond acceptors (Lipinski definition) is 4. The maximum atomic E-state index is 13.0. The summed E-state index contributed by atoms with van der Waals surface area (Å²) in [6, 6.07) is 9.71. The largest absolute Gasteiger partial charge is 0.416 e. The Kier molecular flexibility index (Phi) is 5.31. The first kappa shape index (κ1) is 18.7. The van der Waals surface area contributed by atoms with Crippen molar-refractivity contribution in [2.75, 3.05) is 17.2 Å². The molecule has 0 aliphatic rings. The zero-order chi connectivity index (χ0) is 19.4. The van der Waals surface area contributed by atoms with Crippen LogP contribution in [-0.2, 0) is 11.0 Å². The zero-order valence-electron chi connectivity index (χ0n) is 13.7. The Morgan fingerprint density at radius 3 is 2.67 bits per heavy atom. The number of amides is 1. The van der Waals surface area contributed by atoms with Crippen LogP contribution in [-0.4, -0.2) is 27.2 Å². The average molecular weight is 396 g/mol. The van der Waals surface area contributed by atoms with Crippen LogP contribution in [0.1, 0.15) is 5.56 Å². The Balaban J connectivity index is 1.80. The molecule has 2 N–H and O–H groups in total. The first-order chi connectivity index (χ1) is 12.8. The van der Waals surface area contributed by atoms with Gasteiger partial charge in [-0.1, -0.05) is 17.7 Å². The van der Waals surface area contributed by atoms with Gasteiger partial charge < -0.3 is 10.6 Å². The summed E-state index contributed by atoms with van der Waals surface area (Å²) in [6.07, 6.45) is -1.98. The maximum Gasteiger partial charge on any atom is 0.416 e. The number of halogens is 4. The number of nitrogens with one attached hydrogen (secondary N) is 2. The SMILES string of the molecule is O=C(CNc1cccc(Cl)c1)Nc1cc(C(F)(F)F)ccc1-n1cncn1. The van der Waals surface area contributed by atoms with Crippen LogP contribution in [0.4, 0.5) is 24.5 Å². The molecule has 0 fully saturated rings. The molecule has 140 valence electrons. The fourth-order valence-electron chi connectivity index (χ4n) is 2.32. The lowest BCUT2D eigenvalue weighted by atomic mass is 10.1. The van der Waals surface area contributed by atoms with E-state index in [1.54, 1.807) is 24.3 Å². The molecule has 0 atom stereocenters. The predicted molar refractivity (Wildman–Crippen MR) is 94.9 cm³/mol. The molecule has 0 aliphatic heterocycles. The number of anilines is 2. The summed E-state index contributed by atoms with van der Waals surface area (Å²) in [5.74, 6) is -0.532. The van der Waals surface area contributed by atoms with E-state index in [2.05, 4.69) is 20.7 Å². The lowest BCUT2D eigenvalue weighted by Gasteiger charge is -2.15. The van der Waals surface area contributed by atoms with E-state index >= 15 is 0 Å². The highest BCUT2D eigenvalue weighted by Crippen LogP contribution is 2.33. The van der Waals surface area contributed by atoms with Gasteiger partial charge in [0.15, 0.2) is 0 Å². The van der Waals surface area contributed by atoms with E-state index in [1.807, 2.05) is 0 Å². The zero-order valence-corrected chi connectivity index (χ0v) is 14.4. The molecule has 0 unspecified atom stereocenters. The Morgan fingerprint density at radius 1 is 1.19 bits per heavy atom. The fourth-order valence-corrected chi connectivity index (χ4v) is 2.51. The second-order valence-corrected chi connectivity index (χ2v) is 5.92. The monoisotopic (exact) mass is 395 g/mol. The lowest BCUT2D eigenvalue weighted by molar-refractivity contribution is -0.137. The smallest absolute Gasteiger partial charge is 0.376 e. The van der Waals surface area contributed by atoms with E-state index < -0.39 is 17.6 Å². The summed E-state index contributed by atoms with van der Waals surface area (Å²) in [5.41, 5.74) is -0.0486. The lowest BCUT2D eigenvalue weighted by Crippen LogP contribution is -2.23. The van der Waals surface area contributed by atoms with Crippen molar-refractivity contribution in [2.45, 2.75) is 6.18 Å². The molecule has 0 radical (unpaired) electrons. The molecule has 0 aliphatic carbocycles. The van der Waals surface area contributed by atoms with E-state index in [4.69, 9.17) is 11.6 Å². The Hall–Kier alpha value is -3.07. The highest BCUT2D eigenvalue weighted by atomic mass is 35.5. The number of benzene rings is 2. The topological polar surface area (TPSA) is 71.8 Å². The van der Waals surface area contributed by atoms with Gasteiger partial charge in [0, 0.05) is 10.7 Å². The highest BCUT2D eigenvalue weighted by molar-refractivity contribution is 6.30. The van der Waals surface area contributed by atoms with Crippen LogP contribution in [0.3, 0.4) is 0 Å². The molecule has 1 heterocycles. The number of carbonyl (C=O) groups excluding carboxylic acids is 1. The summed E-state index contributed by atoms with van der Waals surface area (Å²) in [5, 5.41) is 9.71. The van der Waals surface area contributed by atoms with Gasteiger partial charge in [-0.3, -0.25) is 4.79 Å². The molecule has 2 aromatic carbocycles. The van der Waals surface area contributed by atoms with Gasteiger partial charge in [0.2, 0.25) is 5.91 Å². The minimum absolute atomic E-state index is 0.0341. The Labute approximate surface area is 157 Å². The van der Waals surface area contributed by atoms with Crippen LogP contribution < -0.4 is 10.6 Å². The van der Waals surface area contributed by atoms with Gasteiger partial charge in [0.05, 0.1) is 23.5 Å². The van der Waals surface area contributed by atoms with Crippen molar-refractivity contribution in [1.29, 1.82) is 0 Å². The minimum Gasteiger partial charge on any atom is -0.376 e. The second kappa shape index (κ2) is 7.67. The second-order valence-electron chi connectivity index (χ2n) is 5.48. The van der Waals surface area contributed by atoms with Gasteiger partial charge >= 0.3 is 6.18 Å². The van der Waals surface area contributed by atoms with Crippen LogP contribution >= 0.6 is 11.6 Å². The van der Waals surface area contributed by atoms with Crippen LogP contribution in [0.15, 0.2) is 55.1 Å². The van der Waals surface area contributed by atoms with Crippen molar-refractivity contribution in [1.82, 2.24) is 14.8 Å². The van der Waals surface area contributed by atoms with Crippen molar-refractivity contribution in [3.8, 4) is 5.69 Å². The van der Waals surface area contributed by atoms with E-state index in [0.29, 0.717) is 10.7 Å². The quantitative estimate of drug-likeness (QED) is 0.685. The van der Waals surface area contributed by atoms with Crippen molar-refractivity contribution in [3.63, 3.8) is 0 Å². The van der Waals surface area contributed by atoms with Gasteiger partial charge in [0.25, 0.3) is 0 Å². The third-order valence-corrected chi connectivity index (χ3v) is 3.78. The highest BCUT2D eigenvalue weighted by Gasteiger charge is 2.31. The van der Waals surface area contributed by atoms with E-state index in [-0.39, 0.29) is 17.9 Å². The van der Waals surface area contributed by atoms with E-state index in [0.717, 1.165) is 12.1 Å². The number of carbonyl (C=O) groups is 1. The maximum absolute atomic E-state index is 13.0. The number of alkyl halides is 3. The van der Waals surface area contributed by atoms with E-state index in [9.17, 15) is 18.0 Å². The number of aromatic nitrogens is 3. The molecule has 0 bridgehead atoms. The standard InChI is InChI=1S/C17H13ClF3N5O/c18-12-2-1-3-13(7-12)23-8-16(27)25-14-6-11(17(19,20)21)4-5-15(14)26-10-22-9-24-26/h1-7,9-10,23H,8H2,(H,25,27). The van der Waals surface area contributed by atoms with Crippen LogP contribution in [0.25, 0.3) is 5.69 Å². The van der Waals surface area contributed by atoms with Crippen molar-refractivity contribution >= 4 is 28.9 Å². The van der Waals surface area contributed by atoms with Gasteiger partial charge in [0.1, 0.15) is 12.7 Å². The molecule has 0 spiro atoms. The molecule has 6 nitrogen and oxygen atoms in total. The summed E-state index contributed by atoms with van der Waals surface area (Å²) < 4.78 is 40.3. The first-order valence-corrected chi connectivity index (χ1v) is 8.06. The summed E-state index contributed by atoms with van der Waals surface area (Å²) in [4.78, 5) is 16.0. The van der Waals surface area contributed by atoms with Crippen molar-refractivity contribution in [3.05, 3.63) is 65.7 Å². The number of hydrogen-bond donors (Lipinski definition) is 2. The number of rotatable bonds is 5. The van der Waals surface area contributed by atoms with Crippen molar-refractivity contribution in [2.24, 2.45) is 0 Å². The van der Waals surface area contributed by atoms with Crippen LogP contribution in [0.5, 0.6) is 0 Å². The summed E-state index contributed by atoms with van der Waals surface area (Å²) in [7, 11) is 0.